The molecular formula is C21H26N4O5. The van der Waals surface area contributed by atoms with Crippen LogP contribution in [0.15, 0.2) is 18.2 Å². The molecule has 0 atom stereocenters. The fourth-order valence-corrected chi connectivity index (χ4v) is 3.77. The molecule has 2 aliphatic rings. The summed E-state index contributed by atoms with van der Waals surface area (Å²) in [5.41, 5.74) is 2.54. The summed E-state index contributed by atoms with van der Waals surface area (Å²) in [6.45, 7) is 2.95. The fourth-order valence-electron chi connectivity index (χ4n) is 3.77. The van der Waals surface area contributed by atoms with Crippen molar-refractivity contribution >= 4 is 35.3 Å². The number of nitrogens with zero attached hydrogens (tertiary/aromatic N) is 3. The monoisotopic (exact) mass is 414 g/mol. The van der Waals surface area contributed by atoms with Crippen LogP contribution in [0.4, 0.5) is 10.5 Å². The predicted octanol–water partition coefficient (Wildman–Crippen LogP) is 1.43. The van der Waals surface area contributed by atoms with Crippen LogP contribution in [0.5, 0.6) is 0 Å². The third kappa shape index (κ3) is 4.34. The van der Waals surface area contributed by atoms with Crippen molar-refractivity contribution in [2.24, 2.45) is 0 Å². The van der Waals surface area contributed by atoms with Crippen LogP contribution < -0.4 is 5.32 Å². The molecule has 0 spiro atoms. The van der Waals surface area contributed by atoms with E-state index in [0.717, 1.165) is 33.8 Å². The molecule has 3 rings (SSSR count). The molecule has 0 unspecified atom stereocenters. The number of amides is 6. The standard InChI is InChI=1S/C21H26N4O5/c1-13-8-9-14(2)16(10-13)22-17(26)11-23(3)18(27)12-24-19(28)20(29)25(21(24)30)15-6-4-5-7-15/h8-10,15H,4-7,11-12H2,1-3H3,(H,22,26). The molecule has 1 aromatic carbocycles. The molecule has 1 saturated carbocycles. The number of imide groups is 2. The van der Waals surface area contributed by atoms with Crippen LogP contribution in [0.2, 0.25) is 0 Å². The SMILES string of the molecule is Cc1ccc(C)c(NC(=O)CN(C)C(=O)CN2C(=O)C(=O)N(C3CCCC3)C2=O)c1. The van der Waals surface area contributed by atoms with E-state index in [1.165, 1.54) is 7.05 Å². The van der Waals surface area contributed by atoms with Crippen molar-refractivity contribution < 1.29 is 24.0 Å². The summed E-state index contributed by atoms with van der Waals surface area (Å²) in [5.74, 6) is -2.88. The minimum absolute atomic E-state index is 0.247. The second kappa shape index (κ2) is 8.64. The van der Waals surface area contributed by atoms with Gasteiger partial charge in [0.2, 0.25) is 11.8 Å². The Morgan fingerprint density at radius 2 is 1.77 bits per heavy atom. The van der Waals surface area contributed by atoms with Crippen LogP contribution in [0.1, 0.15) is 36.8 Å². The predicted molar refractivity (Wildman–Crippen MR) is 108 cm³/mol. The van der Waals surface area contributed by atoms with E-state index < -0.39 is 36.2 Å². The molecule has 30 heavy (non-hydrogen) atoms. The summed E-state index contributed by atoms with van der Waals surface area (Å²) >= 11 is 0. The van der Waals surface area contributed by atoms with Gasteiger partial charge < -0.3 is 10.2 Å². The van der Waals surface area contributed by atoms with Crippen molar-refractivity contribution in [2.75, 3.05) is 25.5 Å². The third-order valence-electron chi connectivity index (χ3n) is 5.54. The van der Waals surface area contributed by atoms with Crippen molar-refractivity contribution in [3.05, 3.63) is 29.3 Å². The average molecular weight is 414 g/mol. The maximum Gasteiger partial charge on any atom is 0.334 e. The highest BCUT2D eigenvalue weighted by molar-refractivity contribution is 6.45. The van der Waals surface area contributed by atoms with Gasteiger partial charge in [-0.1, -0.05) is 25.0 Å². The van der Waals surface area contributed by atoms with E-state index in [1.807, 2.05) is 32.0 Å². The first-order valence-electron chi connectivity index (χ1n) is 9.99. The summed E-state index contributed by atoms with van der Waals surface area (Å²) < 4.78 is 0. The number of nitrogens with one attached hydrogen (secondary N) is 1. The van der Waals surface area contributed by atoms with Gasteiger partial charge >= 0.3 is 17.8 Å². The average Bonchev–Trinajstić information content (AvgIpc) is 3.28. The van der Waals surface area contributed by atoms with Crippen LogP contribution in [0.3, 0.4) is 0 Å². The Bertz CT molecular complexity index is 907. The van der Waals surface area contributed by atoms with Gasteiger partial charge in [0.15, 0.2) is 0 Å². The zero-order valence-corrected chi connectivity index (χ0v) is 17.4. The summed E-state index contributed by atoms with van der Waals surface area (Å²) in [7, 11) is 1.41. The van der Waals surface area contributed by atoms with Crippen LogP contribution in [-0.2, 0) is 19.2 Å². The van der Waals surface area contributed by atoms with Crippen molar-refractivity contribution in [3.8, 4) is 0 Å². The number of rotatable bonds is 6. The minimum atomic E-state index is -0.992. The van der Waals surface area contributed by atoms with Gasteiger partial charge in [-0.3, -0.25) is 24.1 Å². The highest BCUT2D eigenvalue weighted by Crippen LogP contribution is 2.27. The van der Waals surface area contributed by atoms with E-state index >= 15 is 0 Å². The molecule has 0 bridgehead atoms. The molecule has 0 radical (unpaired) electrons. The molecule has 1 N–H and O–H groups in total. The van der Waals surface area contributed by atoms with Gasteiger partial charge in [-0.25, -0.2) is 9.69 Å². The van der Waals surface area contributed by atoms with Gasteiger partial charge in [-0.15, -0.1) is 0 Å². The van der Waals surface area contributed by atoms with E-state index in [1.54, 1.807) is 0 Å². The van der Waals surface area contributed by atoms with E-state index in [0.29, 0.717) is 23.4 Å². The first-order valence-corrected chi connectivity index (χ1v) is 9.99. The molecule has 1 saturated heterocycles. The van der Waals surface area contributed by atoms with E-state index in [9.17, 15) is 24.0 Å². The second-order valence-electron chi connectivity index (χ2n) is 7.90. The lowest BCUT2D eigenvalue weighted by molar-refractivity contribution is -0.145. The molecule has 9 nitrogen and oxygen atoms in total. The number of benzene rings is 1. The number of anilines is 1. The van der Waals surface area contributed by atoms with Gasteiger partial charge in [-0.05, 0) is 43.9 Å². The summed E-state index contributed by atoms with van der Waals surface area (Å²) in [5, 5.41) is 2.76. The Morgan fingerprint density at radius 1 is 1.10 bits per heavy atom. The van der Waals surface area contributed by atoms with Crippen molar-refractivity contribution in [1.29, 1.82) is 0 Å². The van der Waals surface area contributed by atoms with Gasteiger partial charge in [0, 0.05) is 18.8 Å². The number of likely N-dealkylation sites (N-methyl/N-ethyl adjacent to an activating group) is 1. The molecule has 1 heterocycles. The maximum atomic E-state index is 12.6. The van der Waals surface area contributed by atoms with E-state index in [-0.39, 0.29) is 12.6 Å². The molecule has 2 fully saturated rings. The molecule has 1 aliphatic carbocycles. The largest absolute Gasteiger partial charge is 0.335 e. The number of carbonyl (C=O) groups excluding carboxylic acids is 5. The number of aryl methyl sites for hydroxylation is 2. The Labute approximate surface area is 175 Å². The van der Waals surface area contributed by atoms with Crippen LogP contribution in [0, 0.1) is 13.8 Å². The fraction of sp³-hybridized carbons (Fsp3) is 0.476. The zero-order chi connectivity index (χ0) is 22.0. The Hall–Kier alpha value is -3.23. The lowest BCUT2D eigenvalue weighted by atomic mass is 10.1. The normalized spacial score (nSPS) is 17.1. The highest BCUT2D eigenvalue weighted by Gasteiger charge is 2.48. The Kier molecular flexibility index (Phi) is 6.19. The van der Waals surface area contributed by atoms with E-state index in [2.05, 4.69) is 5.32 Å². The quantitative estimate of drug-likeness (QED) is 0.560. The van der Waals surface area contributed by atoms with Gasteiger partial charge in [0.25, 0.3) is 0 Å². The van der Waals surface area contributed by atoms with Crippen molar-refractivity contribution in [1.82, 2.24) is 14.7 Å². The van der Waals surface area contributed by atoms with Crippen LogP contribution in [0.25, 0.3) is 0 Å². The lowest BCUT2D eigenvalue weighted by Crippen LogP contribution is -2.45. The first-order chi connectivity index (χ1) is 14.2. The smallest absolute Gasteiger partial charge is 0.334 e. The Balaban J connectivity index is 1.59. The van der Waals surface area contributed by atoms with Crippen molar-refractivity contribution in [2.45, 2.75) is 45.6 Å². The minimum Gasteiger partial charge on any atom is -0.335 e. The Morgan fingerprint density at radius 3 is 2.43 bits per heavy atom. The second-order valence-corrected chi connectivity index (χ2v) is 7.90. The molecule has 1 aromatic rings. The molecule has 6 amide bonds. The first kappa shape index (κ1) is 21.5. The number of hydrogen-bond acceptors (Lipinski definition) is 5. The zero-order valence-electron chi connectivity index (χ0n) is 17.4. The van der Waals surface area contributed by atoms with Gasteiger partial charge in [-0.2, -0.15) is 0 Å². The summed E-state index contributed by atoms with van der Waals surface area (Å²) in [6.07, 6.45) is 3.14. The van der Waals surface area contributed by atoms with Gasteiger partial charge in [0.1, 0.15) is 6.54 Å². The summed E-state index contributed by atoms with van der Waals surface area (Å²) in [6, 6.07) is 4.62. The third-order valence-corrected chi connectivity index (χ3v) is 5.54. The van der Waals surface area contributed by atoms with Gasteiger partial charge in [0.05, 0.1) is 6.54 Å². The molecule has 0 aromatic heterocycles. The molecular weight excluding hydrogens is 388 g/mol. The number of hydrogen-bond donors (Lipinski definition) is 1. The highest BCUT2D eigenvalue weighted by atomic mass is 16.2. The molecule has 160 valence electrons. The lowest BCUT2D eigenvalue weighted by Gasteiger charge is -2.22. The van der Waals surface area contributed by atoms with Crippen LogP contribution >= 0.6 is 0 Å². The topological polar surface area (TPSA) is 107 Å². The molecule has 1 aliphatic heterocycles. The molecule has 9 heteroatoms. The maximum absolute atomic E-state index is 12.6. The number of carbonyl (C=O) groups is 5. The van der Waals surface area contributed by atoms with Crippen molar-refractivity contribution in [3.63, 3.8) is 0 Å². The summed E-state index contributed by atoms with van der Waals surface area (Å²) in [4.78, 5) is 64.6. The van der Waals surface area contributed by atoms with Crippen LogP contribution in [-0.4, -0.2) is 70.5 Å². The number of urea groups is 1. The van der Waals surface area contributed by atoms with E-state index in [4.69, 9.17) is 0 Å².